The van der Waals surface area contributed by atoms with Crippen LogP contribution in [0.4, 0.5) is 5.69 Å². The number of thioether (sulfide) groups is 1. The topological polar surface area (TPSA) is 66.8 Å². The van der Waals surface area contributed by atoms with E-state index in [0.29, 0.717) is 15.8 Å². The second kappa shape index (κ2) is 8.64. The maximum atomic E-state index is 13.0. The zero-order valence-corrected chi connectivity index (χ0v) is 17.6. The van der Waals surface area contributed by atoms with Crippen molar-refractivity contribution < 1.29 is 19.4 Å². The minimum absolute atomic E-state index is 0.00963. The molecule has 0 spiro atoms. The van der Waals surface area contributed by atoms with Crippen molar-refractivity contribution >= 4 is 52.5 Å². The molecule has 0 saturated heterocycles. The minimum atomic E-state index is -1.02. The fourth-order valence-corrected chi connectivity index (χ4v) is 4.49. The van der Waals surface area contributed by atoms with Gasteiger partial charge in [0.2, 0.25) is 5.91 Å². The molecule has 1 atom stereocenters. The molecule has 1 aliphatic heterocycles. The van der Waals surface area contributed by atoms with Crippen LogP contribution in [0.25, 0.3) is 0 Å². The highest BCUT2D eigenvalue weighted by molar-refractivity contribution is 8.01. The fraction of sp³-hybridized carbons (Fsp3) is 0.300. The summed E-state index contributed by atoms with van der Waals surface area (Å²) >= 11 is 13.3. The van der Waals surface area contributed by atoms with Gasteiger partial charge in [0.1, 0.15) is 5.75 Å². The number of ether oxygens (including phenoxy) is 1. The highest BCUT2D eigenvalue weighted by atomic mass is 35.5. The summed E-state index contributed by atoms with van der Waals surface area (Å²) in [6, 6.07) is 10.7. The molecule has 0 radical (unpaired) electrons. The van der Waals surface area contributed by atoms with E-state index in [4.69, 9.17) is 27.9 Å². The largest absolute Gasteiger partial charge is 0.491 e. The summed E-state index contributed by atoms with van der Waals surface area (Å²) in [5.74, 6) is -0.582. The van der Waals surface area contributed by atoms with Crippen molar-refractivity contribution in [2.45, 2.75) is 43.1 Å². The van der Waals surface area contributed by atoms with Crippen LogP contribution in [0.3, 0.4) is 0 Å². The molecule has 5 nitrogen and oxygen atoms in total. The highest BCUT2D eigenvalue weighted by Gasteiger charge is 2.35. The van der Waals surface area contributed by atoms with Crippen LogP contribution in [0.15, 0.2) is 41.3 Å². The molecule has 1 N–H and O–H groups in total. The molecule has 1 heterocycles. The minimum Gasteiger partial charge on any atom is -0.491 e. The average molecular weight is 440 g/mol. The summed E-state index contributed by atoms with van der Waals surface area (Å²) in [7, 11) is 0. The number of carboxylic acid groups (broad SMARTS) is 1. The van der Waals surface area contributed by atoms with Crippen LogP contribution in [-0.2, 0) is 16.1 Å². The Hall–Kier alpha value is -1.89. The van der Waals surface area contributed by atoms with Crippen molar-refractivity contribution in [3.8, 4) is 5.75 Å². The Morgan fingerprint density at radius 2 is 1.96 bits per heavy atom. The zero-order chi connectivity index (χ0) is 20.4. The number of halogens is 2. The molecule has 0 aromatic heterocycles. The van der Waals surface area contributed by atoms with Crippen molar-refractivity contribution in [2.24, 2.45) is 0 Å². The molecule has 0 saturated carbocycles. The van der Waals surface area contributed by atoms with Crippen LogP contribution in [0.5, 0.6) is 5.75 Å². The third-order valence-electron chi connectivity index (χ3n) is 4.09. The van der Waals surface area contributed by atoms with E-state index in [1.54, 1.807) is 23.1 Å². The molecule has 1 aliphatic rings. The lowest BCUT2D eigenvalue weighted by Crippen LogP contribution is -2.41. The van der Waals surface area contributed by atoms with Crippen molar-refractivity contribution in [1.82, 2.24) is 0 Å². The van der Waals surface area contributed by atoms with Crippen molar-refractivity contribution in [3.05, 3.63) is 52.0 Å². The smallest absolute Gasteiger partial charge is 0.305 e. The van der Waals surface area contributed by atoms with Crippen LogP contribution in [0.2, 0.25) is 10.0 Å². The van der Waals surface area contributed by atoms with E-state index in [0.717, 1.165) is 16.1 Å². The standard InChI is InChI=1S/C20H19Cl2NO4S/c1-11(2)27-13-4-6-16-17(8-13)28-18(9-19(24)25)20(26)23(16)10-12-3-5-14(21)15(22)7-12/h3-8,11,18H,9-10H2,1-2H3,(H,24,25). The van der Waals surface area contributed by atoms with Gasteiger partial charge < -0.3 is 14.7 Å². The molecule has 3 rings (SSSR count). The maximum Gasteiger partial charge on any atom is 0.305 e. The second-order valence-corrected chi connectivity index (χ2v) is 8.73. The van der Waals surface area contributed by atoms with Gasteiger partial charge in [-0.2, -0.15) is 0 Å². The predicted octanol–water partition coefficient (Wildman–Crippen LogP) is 5.26. The van der Waals surface area contributed by atoms with Gasteiger partial charge in [0.05, 0.1) is 40.1 Å². The number of rotatable bonds is 6. The first-order chi connectivity index (χ1) is 13.2. The van der Waals surface area contributed by atoms with Crippen LogP contribution in [-0.4, -0.2) is 28.3 Å². The van der Waals surface area contributed by atoms with Gasteiger partial charge in [-0.1, -0.05) is 29.3 Å². The zero-order valence-electron chi connectivity index (χ0n) is 15.3. The van der Waals surface area contributed by atoms with E-state index in [2.05, 4.69) is 0 Å². The molecular formula is C20H19Cl2NO4S. The van der Waals surface area contributed by atoms with E-state index in [-0.39, 0.29) is 25.0 Å². The number of fused-ring (bicyclic) bond motifs is 1. The third-order valence-corrected chi connectivity index (χ3v) is 6.06. The molecule has 8 heteroatoms. The summed E-state index contributed by atoms with van der Waals surface area (Å²) in [6.45, 7) is 4.13. The summed E-state index contributed by atoms with van der Waals surface area (Å²) in [5.41, 5.74) is 1.52. The molecule has 1 unspecified atom stereocenters. The van der Waals surface area contributed by atoms with Crippen LogP contribution in [0, 0.1) is 0 Å². The van der Waals surface area contributed by atoms with E-state index in [1.807, 2.05) is 32.0 Å². The molecule has 2 aromatic rings. The molecule has 0 aliphatic carbocycles. The Labute approximate surface area is 177 Å². The van der Waals surface area contributed by atoms with Crippen LogP contribution >= 0.6 is 35.0 Å². The Morgan fingerprint density at radius 3 is 2.61 bits per heavy atom. The number of benzene rings is 2. The highest BCUT2D eigenvalue weighted by Crippen LogP contribution is 2.43. The van der Waals surface area contributed by atoms with Gasteiger partial charge in [0.25, 0.3) is 0 Å². The van der Waals surface area contributed by atoms with E-state index >= 15 is 0 Å². The van der Waals surface area contributed by atoms with Crippen LogP contribution < -0.4 is 9.64 Å². The maximum absolute atomic E-state index is 13.0. The number of hydrogen-bond acceptors (Lipinski definition) is 4. The van der Waals surface area contributed by atoms with Gasteiger partial charge >= 0.3 is 5.97 Å². The lowest BCUT2D eigenvalue weighted by Gasteiger charge is -2.33. The second-order valence-electron chi connectivity index (χ2n) is 6.67. The monoisotopic (exact) mass is 439 g/mol. The van der Waals surface area contributed by atoms with Crippen molar-refractivity contribution in [1.29, 1.82) is 0 Å². The molecule has 0 fully saturated rings. The predicted molar refractivity (Wildman–Crippen MR) is 112 cm³/mol. The first kappa shape index (κ1) is 20.8. The Balaban J connectivity index is 1.97. The summed E-state index contributed by atoms with van der Waals surface area (Å²) in [6.07, 6.45) is -0.244. The SMILES string of the molecule is CC(C)Oc1ccc2c(c1)SC(CC(=O)O)C(=O)N2Cc1ccc(Cl)c(Cl)c1. The third kappa shape index (κ3) is 4.74. The number of hydrogen-bond donors (Lipinski definition) is 1. The van der Waals surface area contributed by atoms with Gasteiger partial charge in [-0.25, -0.2) is 0 Å². The van der Waals surface area contributed by atoms with Gasteiger partial charge in [-0.3, -0.25) is 9.59 Å². The summed E-state index contributed by atoms with van der Waals surface area (Å²) in [4.78, 5) is 26.6. The summed E-state index contributed by atoms with van der Waals surface area (Å²) < 4.78 is 5.74. The number of carbonyl (C=O) groups is 2. The number of carboxylic acids is 1. The first-order valence-corrected chi connectivity index (χ1v) is 10.3. The van der Waals surface area contributed by atoms with Crippen LogP contribution in [0.1, 0.15) is 25.8 Å². The number of anilines is 1. The van der Waals surface area contributed by atoms with E-state index < -0.39 is 11.2 Å². The number of carbonyl (C=O) groups excluding carboxylic acids is 1. The molecule has 0 bridgehead atoms. The average Bonchev–Trinajstić information content (AvgIpc) is 2.60. The Bertz CT molecular complexity index is 919. The Morgan fingerprint density at radius 1 is 1.21 bits per heavy atom. The molecular weight excluding hydrogens is 421 g/mol. The van der Waals surface area contributed by atoms with Gasteiger partial charge in [0.15, 0.2) is 0 Å². The Kier molecular flexibility index (Phi) is 6.43. The quantitative estimate of drug-likeness (QED) is 0.664. The van der Waals surface area contributed by atoms with Crippen molar-refractivity contribution in [3.63, 3.8) is 0 Å². The molecule has 2 aromatic carbocycles. The molecule has 28 heavy (non-hydrogen) atoms. The van der Waals surface area contributed by atoms with Gasteiger partial charge in [-0.15, -0.1) is 11.8 Å². The normalized spacial score (nSPS) is 16.2. The number of amides is 1. The fourth-order valence-electron chi connectivity index (χ4n) is 2.92. The number of nitrogens with zero attached hydrogens (tertiary/aromatic N) is 1. The van der Waals surface area contributed by atoms with Gasteiger partial charge in [0, 0.05) is 4.90 Å². The first-order valence-electron chi connectivity index (χ1n) is 8.69. The lowest BCUT2D eigenvalue weighted by atomic mass is 10.1. The van der Waals surface area contributed by atoms with E-state index in [1.165, 1.54) is 11.8 Å². The summed E-state index contributed by atoms with van der Waals surface area (Å²) in [5, 5.41) is 9.34. The van der Waals surface area contributed by atoms with E-state index in [9.17, 15) is 14.7 Å². The van der Waals surface area contributed by atoms with Crippen molar-refractivity contribution in [2.75, 3.05) is 4.90 Å². The molecule has 148 valence electrons. The van der Waals surface area contributed by atoms with Gasteiger partial charge in [-0.05, 0) is 49.7 Å². The number of aliphatic carboxylic acids is 1. The lowest BCUT2D eigenvalue weighted by molar-refractivity contribution is -0.138. The molecule has 1 amide bonds.